The largest absolute Gasteiger partial charge is 0.433 e. The molecule has 3 N–H and O–H groups in total. The Morgan fingerprint density at radius 1 is 1.07 bits per heavy atom. The summed E-state index contributed by atoms with van der Waals surface area (Å²) in [7, 11) is 0. The molecule has 0 unspecified atom stereocenters. The Hall–Kier alpha value is -3.91. The minimum atomic E-state index is -3.44. The molecule has 0 amide bonds. The third kappa shape index (κ3) is 5.28. The third-order valence-corrected chi connectivity index (χ3v) is 6.32. The van der Waals surface area contributed by atoms with Gasteiger partial charge >= 0.3 is 5.97 Å². The fraction of sp³-hybridized carbons (Fsp3) is 0.269. The van der Waals surface area contributed by atoms with Gasteiger partial charge in [0.15, 0.2) is 23.1 Å². The molecule has 14 heteroatoms. The van der Waals surface area contributed by atoms with Gasteiger partial charge in [-0.15, -0.1) is 0 Å². The Balaban J connectivity index is 1.82. The van der Waals surface area contributed by atoms with E-state index in [9.17, 15) is 28.9 Å². The fourth-order valence-corrected chi connectivity index (χ4v) is 3.97. The summed E-state index contributed by atoms with van der Waals surface area (Å²) in [5.41, 5.74) is -2.95. The normalized spacial score (nSPS) is 12.1. The van der Waals surface area contributed by atoms with Crippen molar-refractivity contribution in [3.05, 3.63) is 92.4 Å². The zero-order chi connectivity index (χ0) is 29.6. The Morgan fingerprint density at radius 2 is 1.77 bits per heavy atom. The maximum absolute atomic E-state index is 16.0. The smallest absolute Gasteiger partial charge is 0.372 e. The fourth-order valence-electron chi connectivity index (χ4n) is 3.79. The number of hydrogen-bond acceptors (Lipinski definition) is 9. The Morgan fingerprint density at radius 3 is 2.42 bits per heavy atom. The van der Waals surface area contributed by atoms with Gasteiger partial charge in [0.1, 0.15) is 22.4 Å². The van der Waals surface area contributed by atoms with Crippen LogP contribution in [0, 0.1) is 31.3 Å². The Bertz CT molecular complexity index is 1680. The van der Waals surface area contributed by atoms with Crippen LogP contribution >= 0.6 is 11.6 Å². The highest BCUT2D eigenvalue weighted by Crippen LogP contribution is 2.32. The SMILES string of the molecule is Cc1cnc(-c2ccnc(C(C)(C)CO)n2)c(F)c1-n1c(C)cc(OC(O)(O)c2ncc(F)cc2F)c(Cl)c1=O. The summed E-state index contributed by atoms with van der Waals surface area (Å²) < 4.78 is 49.2. The summed E-state index contributed by atoms with van der Waals surface area (Å²) in [6.45, 7) is 6.05. The average Bonchev–Trinajstić information content (AvgIpc) is 2.88. The standard InChI is InChI=1S/C26H23ClF3N5O5/c1-12-9-32-20(16-5-6-31-24(34-16)25(3,4)11-36)19(30)21(12)35-13(2)7-17(18(27)23(35)37)40-26(38,39)22-15(29)8-14(28)10-33-22/h5-10,36,38-39H,11H2,1-4H3. The van der Waals surface area contributed by atoms with Gasteiger partial charge in [-0.25, -0.2) is 28.1 Å². The van der Waals surface area contributed by atoms with E-state index >= 15 is 4.39 Å². The topological polar surface area (TPSA) is 143 Å². The molecule has 0 radical (unpaired) electrons. The van der Waals surface area contributed by atoms with Gasteiger partial charge in [-0.05, 0) is 25.5 Å². The van der Waals surface area contributed by atoms with Crippen LogP contribution in [0.2, 0.25) is 5.02 Å². The van der Waals surface area contributed by atoms with Crippen LogP contribution < -0.4 is 10.3 Å². The molecule has 40 heavy (non-hydrogen) atoms. The van der Waals surface area contributed by atoms with E-state index in [0.717, 1.165) is 10.6 Å². The number of pyridine rings is 3. The molecule has 10 nitrogen and oxygen atoms in total. The zero-order valence-electron chi connectivity index (χ0n) is 21.6. The van der Waals surface area contributed by atoms with Gasteiger partial charge in [0.05, 0.1) is 24.2 Å². The summed E-state index contributed by atoms with van der Waals surface area (Å²) in [6.07, 6.45) is 3.25. The van der Waals surface area contributed by atoms with Gasteiger partial charge in [0.25, 0.3) is 5.56 Å². The van der Waals surface area contributed by atoms with Crippen LogP contribution in [0.1, 0.15) is 36.6 Å². The highest BCUT2D eigenvalue weighted by atomic mass is 35.5. The quantitative estimate of drug-likeness (QED) is 0.282. The summed E-state index contributed by atoms with van der Waals surface area (Å²) in [6, 6.07) is 2.87. The number of aliphatic hydroxyl groups is 3. The summed E-state index contributed by atoms with van der Waals surface area (Å²) in [4.78, 5) is 29.3. The molecule has 4 rings (SSSR count). The molecule has 0 aliphatic rings. The lowest BCUT2D eigenvalue weighted by Crippen LogP contribution is -2.36. The Labute approximate surface area is 230 Å². The number of aryl methyl sites for hydroxylation is 2. The molecule has 210 valence electrons. The first kappa shape index (κ1) is 29.1. The second kappa shape index (κ2) is 10.6. The maximum atomic E-state index is 16.0. The molecule has 0 fully saturated rings. The maximum Gasteiger partial charge on any atom is 0.372 e. The van der Waals surface area contributed by atoms with Crippen molar-refractivity contribution in [2.75, 3.05) is 6.61 Å². The van der Waals surface area contributed by atoms with Crippen LogP contribution in [0.3, 0.4) is 0 Å². The lowest BCUT2D eigenvalue weighted by molar-refractivity contribution is -0.308. The highest BCUT2D eigenvalue weighted by Gasteiger charge is 2.36. The number of ether oxygens (including phenoxy) is 1. The van der Waals surface area contributed by atoms with Gasteiger partial charge in [-0.1, -0.05) is 25.4 Å². The first-order valence-corrected chi connectivity index (χ1v) is 12.0. The molecule has 0 saturated heterocycles. The van der Waals surface area contributed by atoms with Crippen LogP contribution in [0.15, 0.2) is 41.6 Å². The lowest BCUT2D eigenvalue weighted by Gasteiger charge is -2.24. The van der Waals surface area contributed by atoms with Gasteiger partial charge in [0.2, 0.25) is 0 Å². The number of nitrogens with zero attached hydrogens (tertiary/aromatic N) is 5. The number of rotatable bonds is 7. The van der Waals surface area contributed by atoms with Crippen molar-refractivity contribution in [2.45, 2.75) is 39.1 Å². The van der Waals surface area contributed by atoms with E-state index in [-0.39, 0.29) is 40.8 Å². The van der Waals surface area contributed by atoms with Crippen molar-refractivity contribution in [1.82, 2.24) is 24.5 Å². The minimum absolute atomic E-state index is 0.0386. The molecule has 0 atom stereocenters. The predicted octanol–water partition coefficient (Wildman–Crippen LogP) is 3.22. The molecule has 0 aliphatic heterocycles. The van der Waals surface area contributed by atoms with Crippen molar-refractivity contribution in [3.8, 4) is 22.8 Å². The second-order valence-electron chi connectivity index (χ2n) is 9.56. The molecule has 4 aromatic rings. The number of aromatic nitrogens is 5. The molecule has 4 aromatic heterocycles. The van der Waals surface area contributed by atoms with E-state index in [2.05, 4.69) is 19.9 Å². The summed E-state index contributed by atoms with van der Waals surface area (Å²) in [5, 5.41) is 29.6. The van der Waals surface area contributed by atoms with Crippen molar-refractivity contribution in [2.24, 2.45) is 0 Å². The number of hydrogen-bond donors (Lipinski definition) is 3. The molecule has 0 aliphatic carbocycles. The van der Waals surface area contributed by atoms with E-state index in [0.29, 0.717) is 12.3 Å². The van der Waals surface area contributed by atoms with Crippen LogP contribution in [-0.2, 0) is 11.4 Å². The summed E-state index contributed by atoms with van der Waals surface area (Å²) in [5.74, 6) is -7.20. The molecule has 0 spiro atoms. The van der Waals surface area contributed by atoms with Crippen molar-refractivity contribution in [1.29, 1.82) is 0 Å². The molecular formula is C26H23ClF3N5O5. The van der Waals surface area contributed by atoms with E-state index in [4.69, 9.17) is 16.3 Å². The first-order valence-electron chi connectivity index (χ1n) is 11.7. The van der Waals surface area contributed by atoms with Crippen molar-refractivity contribution in [3.63, 3.8) is 0 Å². The van der Waals surface area contributed by atoms with Crippen LogP contribution in [0.4, 0.5) is 13.2 Å². The van der Waals surface area contributed by atoms with Crippen LogP contribution in [-0.4, -0.2) is 46.4 Å². The van der Waals surface area contributed by atoms with E-state index in [1.165, 1.54) is 32.3 Å². The second-order valence-corrected chi connectivity index (χ2v) is 9.94. The number of halogens is 4. The van der Waals surface area contributed by atoms with E-state index in [1.807, 2.05) is 0 Å². The molecular weight excluding hydrogens is 555 g/mol. The highest BCUT2D eigenvalue weighted by molar-refractivity contribution is 6.31. The first-order chi connectivity index (χ1) is 18.7. The van der Waals surface area contributed by atoms with E-state index in [1.54, 1.807) is 13.8 Å². The monoisotopic (exact) mass is 577 g/mol. The van der Waals surface area contributed by atoms with Crippen LogP contribution in [0.5, 0.6) is 5.75 Å². The van der Waals surface area contributed by atoms with Gasteiger partial charge in [-0.2, -0.15) is 0 Å². The van der Waals surface area contributed by atoms with Gasteiger partial charge in [0, 0.05) is 35.6 Å². The summed E-state index contributed by atoms with van der Waals surface area (Å²) >= 11 is 6.19. The molecule has 0 saturated carbocycles. The minimum Gasteiger partial charge on any atom is -0.433 e. The van der Waals surface area contributed by atoms with Crippen LogP contribution in [0.25, 0.3) is 17.1 Å². The molecule has 0 bridgehead atoms. The molecule has 4 heterocycles. The Kier molecular flexibility index (Phi) is 7.69. The van der Waals surface area contributed by atoms with Crippen molar-refractivity contribution < 1.29 is 33.2 Å². The average molecular weight is 578 g/mol. The lowest BCUT2D eigenvalue weighted by atomic mass is 9.93. The van der Waals surface area contributed by atoms with Gasteiger partial charge < -0.3 is 20.1 Å². The van der Waals surface area contributed by atoms with Crippen molar-refractivity contribution >= 4 is 11.6 Å². The van der Waals surface area contributed by atoms with Gasteiger partial charge in [-0.3, -0.25) is 14.3 Å². The third-order valence-electron chi connectivity index (χ3n) is 5.97. The molecule has 0 aromatic carbocycles. The number of aliphatic hydroxyl groups excluding tert-OH is 1. The zero-order valence-corrected chi connectivity index (χ0v) is 22.3. The predicted molar refractivity (Wildman–Crippen MR) is 136 cm³/mol. The van der Waals surface area contributed by atoms with E-state index < -0.39 is 50.9 Å².